The van der Waals surface area contributed by atoms with Gasteiger partial charge in [-0.2, -0.15) is 16.4 Å². The van der Waals surface area contributed by atoms with Gasteiger partial charge in [0.1, 0.15) is 23.3 Å². The summed E-state index contributed by atoms with van der Waals surface area (Å²) in [4.78, 5) is 5.66. The van der Waals surface area contributed by atoms with Crippen molar-refractivity contribution in [2.75, 3.05) is 4.90 Å². The van der Waals surface area contributed by atoms with Crippen molar-refractivity contribution in [3.05, 3.63) is 71.3 Å². The molecular weight excluding hydrogens is 366 g/mol. The van der Waals surface area contributed by atoms with E-state index in [9.17, 15) is 19.3 Å². The largest absolute Gasteiger partial charge is 0.453 e. The number of nitrogens with two attached hydrogens (primary N) is 1. The number of nitriles is 2. The van der Waals surface area contributed by atoms with Crippen molar-refractivity contribution < 1.29 is 18.4 Å². The van der Waals surface area contributed by atoms with E-state index < -0.39 is 28.5 Å². The second-order valence-corrected chi connectivity index (χ2v) is 5.77. The van der Waals surface area contributed by atoms with Crippen LogP contribution in [0.1, 0.15) is 11.1 Å². The third kappa shape index (κ3) is 2.33. The molecule has 1 heterocycles. The molecule has 136 valence electrons. The Bertz CT molecular complexity index is 1110. The molecule has 3 aromatic carbocycles. The highest BCUT2D eigenvalue weighted by atomic mass is 19.1. The highest BCUT2D eigenvalue weighted by Crippen LogP contribution is 2.52. The summed E-state index contributed by atoms with van der Waals surface area (Å²) < 4.78 is 35.4. The molecule has 0 bridgehead atoms. The van der Waals surface area contributed by atoms with Crippen LogP contribution in [0.5, 0.6) is 17.2 Å². The number of ether oxygens (including phenoxy) is 1. The Kier molecular flexibility index (Phi) is 4.04. The van der Waals surface area contributed by atoms with Gasteiger partial charge in [-0.15, -0.1) is 0 Å². The first-order valence-electron chi connectivity index (χ1n) is 8.00. The van der Waals surface area contributed by atoms with Crippen molar-refractivity contribution in [2.45, 2.75) is 0 Å². The number of hydrogen-bond donors (Lipinski definition) is 1. The molecule has 2 N–H and O–H groups in total. The van der Waals surface area contributed by atoms with Gasteiger partial charge in [0, 0.05) is 0 Å². The summed E-state index contributed by atoms with van der Waals surface area (Å²) in [6, 6.07) is 16.9. The average molecular weight is 376 g/mol. The number of para-hydroxylation sites is 4. The molecule has 28 heavy (non-hydrogen) atoms. The second kappa shape index (κ2) is 6.54. The van der Waals surface area contributed by atoms with Crippen LogP contribution in [0.15, 0.2) is 48.5 Å². The van der Waals surface area contributed by atoms with Gasteiger partial charge >= 0.3 is 0 Å². The van der Waals surface area contributed by atoms with Crippen molar-refractivity contribution in [3.63, 3.8) is 0 Å². The van der Waals surface area contributed by atoms with Gasteiger partial charge < -0.3 is 14.5 Å². The fourth-order valence-electron chi connectivity index (χ4n) is 3.13. The zero-order valence-corrected chi connectivity index (χ0v) is 14.1. The van der Waals surface area contributed by atoms with Crippen LogP contribution in [0.2, 0.25) is 0 Å². The molecular formula is C20H10F2N4O2. The molecule has 3 aromatic rings. The van der Waals surface area contributed by atoms with Gasteiger partial charge in [0.2, 0.25) is 5.75 Å². The lowest BCUT2D eigenvalue weighted by molar-refractivity contribution is 0.296. The van der Waals surface area contributed by atoms with Crippen LogP contribution in [0.4, 0.5) is 25.8 Å². The highest BCUT2D eigenvalue weighted by Gasteiger charge is 2.34. The van der Waals surface area contributed by atoms with Crippen molar-refractivity contribution in [1.82, 2.24) is 0 Å². The molecule has 0 saturated heterocycles. The fraction of sp³-hybridized carbons (Fsp3) is 0. The molecule has 0 aliphatic carbocycles. The van der Waals surface area contributed by atoms with Gasteiger partial charge in [0.05, 0.1) is 17.1 Å². The molecule has 0 unspecified atom stereocenters. The average Bonchev–Trinajstić information content (AvgIpc) is 2.72. The molecule has 0 radical (unpaired) electrons. The third-order valence-corrected chi connectivity index (χ3v) is 4.31. The Hall–Kier alpha value is -4.14. The van der Waals surface area contributed by atoms with Crippen LogP contribution < -0.4 is 20.4 Å². The van der Waals surface area contributed by atoms with Crippen LogP contribution in [0, 0.1) is 34.3 Å². The van der Waals surface area contributed by atoms with Crippen molar-refractivity contribution in [2.24, 2.45) is 5.90 Å². The van der Waals surface area contributed by atoms with Crippen molar-refractivity contribution in [1.29, 1.82) is 10.5 Å². The zero-order valence-electron chi connectivity index (χ0n) is 14.1. The number of benzene rings is 3. The Morgan fingerprint density at radius 3 is 1.75 bits per heavy atom. The van der Waals surface area contributed by atoms with E-state index in [1.54, 1.807) is 60.7 Å². The van der Waals surface area contributed by atoms with Crippen molar-refractivity contribution >= 4 is 17.1 Å². The topological polar surface area (TPSA) is 95.3 Å². The predicted molar refractivity (Wildman–Crippen MR) is 95.4 cm³/mol. The number of nitrogens with zero attached hydrogens (tertiary/aromatic N) is 3. The maximum Gasteiger partial charge on any atom is 0.220 e. The van der Waals surface area contributed by atoms with Crippen LogP contribution in [0.25, 0.3) is 0 Å². The molecule has 6 nitrogen and oxygen atoms in total. The summed E-state index contributed by atoms with van der Waals surface area (Å²) in [5, 5.41) is 19.2. The maximum atomic E-state index is 14.8. The normalized spacial score (nSPS) is 11.5. The SMILES string of the molecule is N#Cc1c(F)c(ON)c(F)c(C#N)c1N1c2ccccc2Oc2ccccc21. The van der Waals surface area contributed by atoms with Gasteiger partial charge in [-0.25, -0.2) is 8.78 Å². The summed E-state index contributed by atoms with van der Waals surface area (Å²) in [5.74, 6) is 2.16. The molecule has 1 aliphatic heterocycles. The van der Waals surface area contributed by atoms with Crippen LogP contribution >= 0.6 is 0 Å². The number of fused-ring (bicyclic) bond motifs is 2. The molecule has 0 amide bonds. The van der Waals surface area contributed by atoms with E-state index in [0.717, 1.165) is 0 Å². The minimum atomic E-state index is -1.29. The molecule has 0 saturated carbocycles. The minimum Gasteiger partial charge on any atom is -0.453 e. The number of hydrogen-bond acceptors (Lipinski definition) is 6. The fourth-order valence-corrected chi connectivity index (χ4v) is 3.13. The van der Waals surface area contributed by atoms with E-state index in [-0.39, 0.29) is 5.69 Å². The standard InChI is InChI=1S/C20H10F2N4O2/c21-17-11(9-23)19(12(10-24)18(22)20(17)28-25)26-13-5-1-3-7-15(13)27-16-8-4-2-6-14(16)26/h1-8H,25H2. The summed E-state index contributed by atoms with van der Waals surface area (Å²) in [6.07, 6.45) is 0. The molecule has 0 aromatic heterocycles. The van der Waals surface area contributed by atoms with E-state index in [1.807, 2.05) is 0 Å². The Morgan fingerprint density at radius 2 is 1.32 bits per heavy atom. The molecule has 1 aliphatic rings. The Morgan fingerprint density at radius 1 is 0.857 bits per heavy atom. The molecule has 4 rings (SSSR count). The number of rotatable bonds is 2. The molecule has 8 heteroatoms. The van der Waals surface area contributed by atoms with Crippen LogP contribution in [0.3, 0.4) is 0 Å². The van der Waals surface area contributed by atoms with Gasteiger partial charge in [-0.1, -0.05) is 24.3 Å². The van der Waals surface area contributed by atoms with E-state index in [0.29, 0.717) is 22.9 Å². The minimum absolute atomic E-state index is 0.260. The van der Waals surface area contributed by atoms with Gasteiger partial charge in [0.25, 0.3) is 0 Å². The summed E-state index contributed by atoms with van der Waals surface area (Å²) >= 11 is 0. The zero-order chi connectivity index (χ0) is 19.8. The van der Waals surface area contributed by atoms with Gasteiger partial charge in [-0.05, 0) is 24.3 Å². The van der Waals surface area contributed by atoms with E-state index in [2.05, 4.69) is 4.84 Å². The lowest BCUT2D eigenvalue weighted by atomic mass is 10.0. The summed E-state index contributed by atoms with van der Waals surface area (Å²) in [5.41, 5.74) is -0.595. The van der Waals surface area contributed by atoms with Gasteiger partial charge in [-0.3, -0.25) is 0 Å². The third-order valence-electron chi connectivity index (χ3n) is 4.31. The molecule has 0 fully saturated rings. The first-order chi connectivity index (χ1) is 13.6. The molecule has 0 spiro atoms. The highest BCUT2D eigenvalue weighted by molar-refractivity contribution is 5.91. The van der Waals surface area contributed by atoms with Gasteiger partial charge in [0.15, 0.2) is 23.1 Å². The summed E-state index contributed by atoms with van der Waals surface area (Å²) in [6.45, 7) is 0. The first kappa shape index (κ1) is 17.3. The summed E-state index contributed by atoms with van der Waals surface area (Å²) in [7, 11) is 0. The number of anilines is 3. The first-order valence-corrected chi connectivity index (χ1v) is 8.00. The number of halogens is 2. The quantitative estimate of drug-likeness (QED) is 0.516. The van der Waals surface area contributed by atoms with Crippen LogP contribution in [-0.4, -0.2) is 0 Å². The second-order valence-electron chi connectivity index (χ2n) is 5.77. The predicted octanol–water partition coefficient (Wildman–Crippen LogP) is 4.54. The Balaban J connectivity index is 2.15. The molecule has 0 atom stereocenters. The van der Waals surface area contributed by atoms with E-state index in [1.165, 1.54) is 4.90 Å². The van der Waals surface area contributed by atoms with E-state index >= 15 is 0 Å². The van der Waals surface area contributed by atoms with E-state index in [4.69, 9.17) is 10.6 Å². The smallest absolute Gasteiger partial charge is 0.220 e. The van der Waals surface area contributed by atoms with Crippen LogP contribution in [-0.2, 0) is 0 Å². The van der Waals surface area contributed by atoms with Crippen molar-refractivity contribution in [3.8, 4) is 29.4 Å². The maximum absolute atomic E-state index is 14.8. The lowest BCUT2D eigenvalue weighted by Gasteiger charge is -2.33. The lowest BCUT2D eigenvalue weighted by Crippen LogP contribution is -2.20. The monoisotopic (exact) mass is 376 g/mol. The Labute approximate surface area is 158 Å².